The fourth-order valence-corrected chi connectivity index (χ4v) is 4.00. The van der Waals surface area contributed by atoms with Gasteiger partial charge in [-0.15, -0.1) is 0 Å². The molecule has 0 radical (unpaired) electrons. The van der Waals surface area contributed by atoms with Crippen LogP contribution in [0.4, 0.5) is 13.6 Å². The zero-order valence-corrected chi connectivity index (χ0v) is 17.1. The molecule has 32 heavy (non-hydrogen) atoms. The zero-order valence-electron chi connectivity index (χ0n) is 17.1. The second kappa shape index (κ2) is 8.78. The highest BCUT2D eigenvalue weighted by Crippen LogP contribution is 2.30. The summed E-state index contributed by atoms with van der Waals surface area (Å²) in [6.45, 7) is 0.255. The van der Waals surface area contributed by atoms with Gasteiger partial charge in [-0.1, -0.05) is 36.4 Å². The van der Waals surface area contributed by atoms with Crippen molar-refractivity contribution < 1.29 is 28.3 Å². The van der Waals surface area contributed by atoms with Gasteiger partial charge in [0.1, 0.15) is 11.9 Å². The van der Waals surface area contributed by atoms with E-state index in [0.29, 0.717) is 12.0 Å². The average molecular weight is 441 g/mol. The monoisotopic (exact) mass is 441 g/mol. The SMILES string of the molecule is O=C1[C@H](Cc2ccc(F)c(F)c2)N2C(=O)CCN(C(=O)O)C2=CN1CCc1ccccc1. The van der Waals surface area contributed by atoms with Crippen molar-refractivity contribution in [1.82, 2.24) is 14.7 Å². The molecule has 1 fully saturated rings. The Labute approximate surface area is 183 Å². The minimum atomic E-state index is -1.24. The number of nitrogens with zero attached hydrogens (tertiary/aromatic N) is 3. The fraction of sp³-hybridized carbons (Fsp3) is 0.261. The first-order valence-electron chi connectivity index (χ1n) is 10.2. The molecule has 1 saturated heterocycles. The smallest absolute Gasteiger partial charge is 0.413 e. The van der Waals surface area contributed by atoms with Gasteiger partial charge >= 0.3 is 6.09 Å². The highest BCUT2D eigenvalue weighted by atomic mass is 19.2. The van der Waals surface area contributed by atoms with Crippen LogP contribution in [-0.4, -0.2) is 56.8 Å². The standard InChI is InChI=1S/C23H21F2N3O4/c24-17-7-6-16(12-18(17)25)13-19-22(30)26(10-8-15-4-2-1-3-5-15)14-20-27(23(31)32)11-9-21(29)28(19)20/h1-7,12,14,19H,8-11,13H2,(H,31,32)/t19-/m0/s1. The molecule has 3 amide bonds. The number of hydrogen-bond donors (Lipinski definition) is 1. The van der Waals surface area contributed by atoms with Gasteiger partial charge in [0, 0.05) is 32.1 Å². The molecule has 2 aliphatic rings. The second-order valence-corrected chi connectivity index (χ2v) is 7.67. The maximum absolute atomic E-state index is 13.7. The van der Waals surface area contributed by atoms with Crippen molar-refractivity contribution in [3.63, 3.8) is 0 Å². The Bertz CT molecular complexity index is 1090. The van der Waals surface area contributed by atoms with E-state index in [1.807, 2.05) is 30.3 Å². The average Bonchev–Trinajstić information content (AvgIpc) is 2.77. The predicted molar refractivity (Wildman–Crippen MR) is 110 cm³/mol. The van der Waals surface area contributed by atoms with Gasteiger partial charge in [-0.25, -0.2) is 13.6 Å². The van der Waals surface area contributed by atoms with Crippen molar-refractivity contribution in [3.05, 3.63) is 83.3 Å². The van der Waals surface area contributed by atoms with Gasteiger partial charge in [0.25, 0.3) is 0 Å². The number of rotatable bonds is 5. The van der Waals surface area contributed by atoms with E-state index in [2.05, 4.69) is 0 Å². The van der Waals surface area contributed by atoms with Crippen LogP contribution in [0.1, 0.15) is 17.5 Å². The molecule has 0 bridgehead atoms. The molecule has 2 heterocycles. The van der Waals surface area contributed by atoms with Gasteiger partial charge < -0.3 is 10.0 Å². The quantitative estimate of drug-likeness (QED) is 0.774. The van der Waals surface area contributed by atoms with E-state index in [1.54, 1.807) is 0 Å². The second-order valence-electron chi connectivity index (χ2n) is 7.67. The van der Waals surface area contributed by atoms with E-state index in [1.165, 1.54) is 22.1 Å². The van der Waals surface area contributed by atoms with Gasteiger partial charge in [0.05, 0.1) is 0 Å². The molecule has 0 aromatic heterocycles. The maximum Gasteiger partial charge on any atom is 0.413 e. The Morgan fingerprint density at radius 3 is 2.47 bits per heavy atom. The van der Waals surface area contributed by atoms with Crippen molar-refractivity contribution in [2.24, 2.45) is 0 Å². The highest BCUT2D eigenvalue weighted by Gasteiger charge is 2.44. The van der Waals surface area contributed by atoms with E-state index in [-0.39, 0.29) is 31.8 Å². The van der Waals surface area contributed by atoms with Crippen LogP contribution < -0.4 is 0 Å². The van der Waals surface area contributed by atoms with Gasteiger partial charge in [-0.2, -0.15) is 0 Å². The van der Waals surface area contributed by atoms with E-state index in [4.69, 9.17) is 0 Å². The van der Waals surface area contributed by atoms with Crippen molar-refractivity contribution in [2.75, 3.05) is 13.1 Å². The summed E-state index contributed by atoms with van der Waals surface area (Å²) in [5, 5.41) is 9.62. The number of fused-ring (bicyclic) bond motifs is 1. The summed E-state index contributed by atoms with van der Waals surface area (Å²) in [6, 6.07) is 11.7. The van der Waals surface area contributed by atoms with Crippen LogP contribution in [0, 0.1) is 11.6 Å². The number of carbonyl (C=O) groups is 3. The highest BCUT2D eigenvalue weighted by molar-refractivity contribution is 5.93. The summed E-state index contributed by atoms with van der Waals surface area (Å²) in [6.07, 6.45) is 0.523. The van der Waals surface area contributed by atoms with Gasteiger partial charge in [-0.05, 0) is 29.7 Å². The summed E-state index contributed by atoms with van der Waals surface area (Å²) in [4.78, 5) is 41.4. The summed E-state index contributed by atoms with van der Waals surface area (Å²) in [7, 11) is 0. The van der Waals surface area contributed by atoms with Crippen LogP contribution in [0.5, 0.6) is 0 Å². The molecule has 4 rings (SSSR count). The molecule has 1 N–H and O–H groups in total. The van der Waals surface area contributed by atoms with Crippen LogP contribution in [0.3, 0.4) is 0 Å². The number of carboxylic acid groups (broad SMARTS) is 1. The van der Waals surface area contributed by atoms with Crippen LogP contribution in [0.15, 0.2) is 60.6 Å². The van der Waals surface area contributed by atoms with Crippen LogP contribution in [-0.2, 0) is 22.4 Å². The van der Waals surface area contributed by atoms with Crippen molar-refractivity contribution in [2.45, 2.75) is 25.3 Å². The fourth-order valence-electron chi connectivity index (χ4n) is 4.00. The molecule has 1 atom stereocenters. The van der Waals surface area contributed by atoms with Crippen molar-refractivity contribution in [1.29, 1.82) is 0 Å². The summed E-state index contributed by atoms with van der Waals surface area (Å²) < 4.78 is 27.1. The zero-order chi connectivity index (χ0) is 22.8. The first-order chi connectivity index (χ1) is 15.3. The molecule has 2 aromatic rings. The van der Waals surface area contributed by atoms with Crippen molar-refractivity contribution >= 4 is 17.9 Å². The largest absolute Gasteiger partial charge is 0.465 e. The van der Waals surface area contributed by atoms with Crippen LogP contribution in [0.25, 0.3) is 0 Å². The molecule has 0 spiro atoms. The summed E-state index contributed by atoms with van der Waals surface area (Å²) in [5.74, 6) is -2.78. The number of benzene rings is 2. The lowest BCUT2D eigenvalue weighted by molar-refractivity contribution is -0.148. The van der Waals surface area contributed by atoms with E-state index in [9.17, 15) is 28.3 Å². The maximum atomic E-state index is 13.7. The van der Waals surface area contributed by atoms with Crippen molar-refractivity contribution in [3.8, 4) is 0 Å². The Morgan fingerprint density at radius 2 is 1.78 bits per heavy atom. The van der Waals surface area contributed by atoms with E-state index < -0.39 is 35.6 Å². The number of amides is 3. The van der Waals surface area contributed by atoms with Crippen LogP contribution in [0.2, 0.25) is 0 Å². The molecule has 166 valence electrons. The topological polar surface area (TPSA) is 81.2 Å². The first-order valence-corrected chi connectivity index (χ1v) is 10.2. The van der Waals surface area contributed by atoms with E-state index in [0.717, 1.165) is 22.6 Å². The Balaban J connectivity index is 1.68. The molecule has 0 aliphatic carbocycles. The molecule has 9 heteroatoms. The molecule has 7 nitrogen and oxygen atoms in total. The first kappa shape index (κ1) is 21.5. The Kier molecular flexibility index (Phi) is 5.89. The molecule has 0 saturated carbocycles. The molecular formula is C23H21F2N3O4. The number of hydrogen-bond acceptors (Lipinski definition) is 3. The van der Waals surface area contributed by atoms with Crippen LogP contribution >= 0.6 is 0 Å². The Morgan fingerprint density at radius 1 is 1.03 bits per heavy atom. The number of halogens is 2. The third-order valence-electron chi connectivity index (χ3n) is 5.62. The molecular weight excluding hydrogens is 420 g/mol. The molecule has 0 unspecified atom stereocenters. The molecule has 2 aromatic carbocycles. The lowest BCUT2D eigenvalue weighted by Gasteiger charge is -2.45. The normalized spacial score (nSPS) is 18.5. The Hall–Kier alpha value is -3.75. The van der Waals surface area contributed by atoms with Gasteiger partial charge in [0.2, 0.25) is 11.8 Å². The molecule has 2 aliphatic heterocycles. The van der Waals surface area contributed by atoms with Gasteiger partial charge in [0.15, 0.2) is 11.6 Å². The lowest BCUT2D eigenvalue weighted by Crippen LogP contribution is -2.60. The number of carbonyl (C=O) groups excluding carboxylic acids is 2. The van der Waals surface area contributed by atoms with E-state index >= 15 is 0 Å². The summed E-state index contributed by atoms with van der Waals surface area (Å²) in [5.41, 5.74) is 1.32. The predicted octanol–water partition coefficient (Wildman–Crippen LogP) is 2.97. The van der Waals surface area contributed by atoms with Gasteiger partial charge in [-0.3, -0.25) is 19.4 Å². The third kappa shape index (κ3) is 4.18. The minimum absolute atomic E-state index is 0.0187. The minimum Gasteiger partial charge on any atom is -0.465 e. The summed E-state index contributed by atoms with van der Waals surface area (Å²) >= 11 is 0. The third-order valence-corrected chi connectivity index (χ3v) is 5.62. The lowest BCUT2D eigenvalue weighted by atomic mass is 9.99.